The van der Waals surface area contributed by atoms with Crippen LogP contribution in [0.5, 0.6) is 0 Å². The Labute approximate surface area is 141 Å². The predicted molar refractivity (Wildman–Crippen MR) is 89.7 cm³/mol. The quantitative estimate of drug-likeness (QED) is 0.932. The van der Waals surface area contributed by atoms with Gasteiger partial charge in [0, 0.05) is 26.2 Å². The Morgan fingerprint density at radius 2 is 1.42 bits per heavy atom. The maximum atomic E-state index is 13.4. The number of hydrogen-bond acceptors (Lipinski definition) is 3. The molecule has 1 aliphatic rings. The molecule has 2 aromatic carbocycles. The molecule has 2 aromatic rings. The van der Waals surface area contributed by atoms with Crippen LogP contribution in [0.3, 0.4) is 0 Å². The van der Waals surface area contributed by atoms with Gasteiger partial charge in [-0.2, -0.15) is 0 Å². The van der Waals surface area contributed by atoms with E-state index in [-0.39, 0.29) is 18.2 Å². The van der Waals surface area contributed by atoms with Crippen LogP contribution in [0.15, 0.2) is 48.5 Å². The number of halogens is 2. The highest BCUT2D eigenvalue weighted by Crippen LogP contribution is 2.38. The molecule has 0 aliphatic carbocycles. The maximum absolute atomic E-state index is 13.4. The molecule has 0 radical (unpaired) electrons. The highest BCUT2D eigenvalue weighted by molar-refractivity contribution is 5.40. The van der Waals surface area contributed by atoms with E-state index in [4.69, 9.17) is 0 Å². The zero-order valence-electron chi connectivity index (χ0n) is 13.8. The smallest absolute Gasteiger partial charge is 0.123 e. The van der Waals surface area contributed by atoms with Crippen LogP contribution in [0.25, 0.3) is 0 Å². The number of hydrogen-bond donors (Lipinski definition) is 1. The molecule has 1 fully saturated rings. The second-order valence-corrected chi connectivity index (χ2v) is 6.30. The highest BCUT2D eigenvalue weighted by Gasteiger charge is 2.42. The second-order valence-electron chi connectivity index (χ2n) is 6.30. The van der Waals surface area contributed by atoms with Crippen molar-refractivity contribution in [2.24, 2.45) is 0 Å². The van der Waals surface area contributed by atoms with E-state index in [1.807, 2.05) is 7.05 Å². The van der Waals surface area contributed by atoms with Gasteiger partial charge in [-0.1, -0.05) is 24.3 Å². The van der Waals surface area contributed by atoms with Crippen molar-refractivity contribution >= 4 is 0 Å². The molecule has 1 heterocycles. The van der Waals surface area contributed by atoms with Gasteiger partial charge in [-0.15, -0.1) is 0 Å². The number of nitrogens with zero attached hydrogens (tertiary/aromatic N) is 2. The Kier molecular flexibility index (Phi) is 4.94. The third kappa shape index (κ3) is 3.07. The standard InChI is InChI=1S/C19H22F2N2O/c1-22-10-11-23(12-13-24)14-19(22,15-2-6-17(20)7-3-15)16-4-8-18(21)9-5-16/h2-9,24H,10-14H2,1H3. The first-order valence-electron chi connectivity index (χ1n) is 8.13. The molecule has 1 saturated heterocycles. The number of aliphatic hydroxyl groups is 1. The van der Waals surface area contributed by atoms with E-state index in [0.717, 1.165) is 24.2 Å². The fraction of sp³-hybridized carbons (Fsp3) is 0.368. The second kappa shape index (κ2) is 6.97. The van der Waals surface area contributed by atoms with Gasteiger partial charge < -0.3 is 5.11 Å². The molecule has 128 valence electrons. The van der Waals surface area contributed by atoms with Crippen molar-refractivity contribution in [1.29, 1.82) is 0 Å². The summed E-state index contributed by atoms with van der Waals surface area (Å²) >= 11 is 0. The van der Waals surface area contributed by atoms with Crippen molar-refractivity contribution in [2.75, 3.05) is 39.8 Å². The number of aliphatic hydroxyl groups excluding tert-OH is 1. The number of benzene rings is 2. The van der Waals surface area contributed by atoms with E-state index in [2.05, 4.69) is 9.80 Å². The lowest BCUT2D eigenvalue weighted by Crippen LogP contribution is -2.59. The van der Waals surface area contributed by atoms with Crippen LogP contribution in [0, 0.1) is 11.6 Å². The van der Waals surface area contributed by atoms with Gasteiger partial charge in [0.15, 0.2) is 0 Å². The van der Waals surface area contributed by atoms with Crippen LogP contribution in [-0.2, 0) is 5.54 Å². The summed E-state index contributed by atoms with van der Waals surface area (Å²) in [7, 11) is 2.03. The van der Waals surface area contributed by atoms with Crippen LogP contribution >= 0.6 is 0 Å². The minimum atomic E-state index is -0.505. The average molecular weight is 332 g/mol. The normalized spacial score (nSPS) is 18.7. The molecule has 5 heteroatoms. The predicted octanol–water partition coefficient (Wildman–Crippen LogP) is 2.45. The Bertz CT molecular complexity index is 627. The monoisotopic (exact) mass is 332 g/mol. The molecule has 3 nitrogen and oxygen atoms in total. The molecule has 0 atom stereocenters. The van der Waals surface area contributed by atoms with Crippen LogP contribution < -0.4 is 0 Å². The molecule has 0 unspecified atom stereocenters. The number of rotatable bonds is 4. The zero-order chi connectivity index (χ0) is 17.2. The van der Waals surface area contributed by atoms with Crippen molar-refractivity contribution in [1.82, 2.24) is 9.80 Å². The fourth-order valence-electron chi connectivity index (χ4n) is 3.58. The van der Waals surface area contributed by atoms with E-state index in [1.165, 1.54) is 24.3 Å². The third-order valence-corrected chi connectivity index (χ3v) is 4.92. The van der Waals surface area contributed by atoms with Gasteiger partial charge in [0.05, 0.1) is 12.1 Å². The Morgan fingerprint density at radius 1 is 0.917 bits per heavy atom. The molecule has 0 bridgehead atoms. The first-order chi connectivity index (χ1) is 11.6. The van der Waals surface area contributed by atoms with Crippen LogP contribution in [0.4, 0.5) is 8.78 Å². The van der Waals surface area contributed by atoms with Crippen molar-refractivity contribution in [3.63, 3.8) is 0 Å². The zero-order valence-corrected chi connectivity index (χ0v) is 13.8. The molecule has 0 spiro atoms. The average Bonchev–Trinajstić information content (AvgIpc) is 2.58. The molecular weight excluding hydrogens is 310 g/mol. The molecule has 3 rings (SSSR count). The summed E-state index contributed by atoms with van der Waals surface area (Å²) in [6.07, 6.45) is 0. The summed E-state index contributed by atoms with van der Waals surface area (Å²) in [5, 5.41) is 9.31. The van der Waals surface area contributed by atoms with E-state index in [0.29, 0.717) is 13.1 Å². The molecular formula is C19H22F2N2O. The fourth-order valence-corrected chi connectivity index (χ4v) is 3.58. The first kappa shape index (κ1) is 17.0. The van der Waals surface area contributed by atoms with Crippen molar-refractivity contribution in [3.8, 4) is 0 Å². The summed E-state index contributed by atoms with van der Waals surface area (Å²) < 4.78 is 26.8. The molecule has 1 aliphatic heterocycles. The van der Waals surface area contributed by atoms with E-state index in [1.54, 1.807) is 24.3 Å². The molecule has 0 amide bonds. The minimum absolute atomic E-state index is 0.0899. The van der Waals surface area contributed by atoms with Gasteiger partial charge >= 0.3 is 0 Å². The van der Waals surface area contributed by atoms with E-state index in [9.17, 15) is 13.9 Å². The molecule has 0 aromatic heterocycles. The Balaban J connectivity index is 2.11. The number of β-amino-alcohol motifs (C(OH)–C–C–N with tert-alkyl or cyclic N) is 1. The molecule has 24 heavy (non-hydrogen) atoms. The van der Waals surface area contributed by atoms with Crippen LogP contribution in [0.1, 0.15) is 11.1 Å². The van der Waals surface area contributed by atoms with Crippen LogP contribution in [0.2, 0.25) is 0 Å². The van der Waals surface area contributed by atoms with Crippen molar-refractivity contribution < 1.29 is 13.9 Å². The third-order valence-electron chi connectivity index (χ3n) is 4.92. The number of piperazine rings is 1. The summed E-state index contributed by atoms with van der Waals surface area (Å²) in [5.41, 5.74) is 1.41. The Hall–Kier alpha value is -1.82. The highest BCUT2D eigenvalue weighted by atomic mass is 19.1. The minimum Gasteiger partial charge on any atom is -0.395 e. The SMILES string of the molecule is CN1CCN(CCO)CC1(c1ccc(F)cc1)c1ccc(F)cc1. The summed E-state index contributed by atoms with van der Waals surface area (Å²) in [4.78, 5) is 4.41. The van der Waals surface area contributed by atoms with Crippen LogP contribution in [-0.4, -0.2) is 54.7 Å². The molecule has 1 N–H and O–H groups in total. The largest absolute Gasteiger partial charge is 0.395 e. The van der Waals surface area contributed by atoms with Gasteiger partial charge in [0.2, 0.25) is 0 Å². The number of likely N-dealkylation sites (N-methyl/N-ethyl adjacent to an activating group) is 1. The maximum Gasteiger partial charge on any atom is 0.123 e. The van der Waals surface area contributed by atoms with E-state index >= 15 is 0 Å². The lowest BCUT2D eigenvalue weighted by atomic mass is 9.79. The summed E-state index contributed by atoms with van der Waals surface area (Å²) in [6.45, 7) is 2.97. The Morgan fingerprint density at radius 3 is 1.88 bits per heavy atom. The van der Waals surface area contributed by atoms with Gasteiger partial charge in [-0.3, -0.25) is 9.80 Å². The van der Waals surface area contributed by atoms with E-state index < -0.39 is 5.54 Å². The first-order valence-corrected chi connectivity index (χ1v) is 8.13. The molecule has 0 saturated carbocycles. The van der Waals surface area contributed by atoms with Gasteiger partial charge in [0.25, 0.3) is 0 Å². The van der Waals surface area contributed by atoms with Gasteiger partial charge in [-0.05, 0) is 42.4 Å². The lowest BCUT2D eigenvalue weighted by molar-refractivity contribution is 0.0314. The summed E-state index contributed by atoms with van der Waals surface area (Å²) in [5.74, 6) is -0.558. The van der Waals surface area contributed by atoms with Gasteiger partial charge in [-0.25, -0.2) is 8.78 Å². The lowest BCUT2D eigenvalue weighted by Gasteiger charge is -2.50. The topological polar surface area (TPSA) is 26.7 Å². The van der Waals surface area contributed by atoms with Crippen molar-refractivity contribution in [2.45, 2.75) is 5.54 Å². The van der Waals surface area contributed by atoms with Crippen molar-refractivity contribution in [3.05, 3.63) is 71.3 Å². The summed E-state index contributed by atoms with van der Waals surface area (Å²) in [6, 6.07) is 13.0. The van der Waals surface area contributed by atoms with Gasteiger partial charge in [0.1, 0.15) is 11.6 Å².